The number of hydrogen-bond donors (Lipinski definition) is 0. The molecule has 2 rings (SSSR count). The Morgan fingerprint density at radius 1 is 1.47 bits per heavy atom. The lowest BCUT2D eigenvalue weighted by Crippen LogP contribution is -2.35. The van der Waals surface area contributed by atoms with Crippen molar-refractivity contribution < 1.29 is 4.39 Å². The largest absolute Gasteiger partial charge is 0.299 e. The molecule has 0 spiro atoms. The summed E-state index contributed by atoms with van der Waals surface area (Å²) in [4.78, 5) is 2.40. The normalized spacial score (nSPS) is 21.7. The van der Waals surface area contributed by atoms with E-state index < -0.39 is 0 Å². The summed E-state index contributed by atoms with van der Waals surface area (Å²) in [6.07, 6.45) is 2.43. The van der Waals surface area contributed by atoms with Crippen molar-refractivity contribution >= 4 is 27.5 Å². The topological polar surface area (TPSA) is 3.24 Å². The van der Waals surface area contributed by atoms with E-state index in [1.54, 1.807) is 0 Å². The van der Waals surface area contributed by atoms with Gasteiger partial charge in [-0.25, -0.2) is 4.39 Å². The summed E-state index contributed by atoms with van der Waals surface area (Å²) >= 11 is 9.33. The molecule has 0 bridgehead atoms. The third kappa shape index (κ3) is 3.67. The predicted octanol–water partition coefficient (Wildman–Crippen LogP) is 4.04. The predicted molar refractivity (Wildman–Crippen MR) is 72.8 cm³/mol. The Labute approximate surface area is 115 Å². The molecule has 1 aromatic rings. The molecule has 0 aliphatic carbocycles. The standard InChI is InChI=1S/C13H16BrClFN/c14-13-6-12(16)4-3-11(13)9-17-5-1-2-10(7-15)8-17/h3-4,6,10H,1-2,5,7-9H2. The molecule has 1 aliphatic heterocycles. The van der Waals surface area contributed by atoms with Crippen molar-refractivity contribution in [3.63, 3.8) is 0 Å². The molecule has 4 heteroatoms. The van der Waals surface area contributed by atoms with Crippen LogP contribution < -0.4 is 0 Å². The van der Waals surface area contributed by atoms with Crippen LogP contribution in [0.4, 0.5) is 4.39 Å². The molecule has 17 heavy (non-hydrogen) atoms. The number of nitrogens with zero attached hydrogens (tertiary/aromatic N) is 1. The van der Waals surface area contributed by atoms with Crippen molar-refractivity contribution in [2.45, 2.75) is 19.4 Å². The molecule has 1 aromatic carbocycles. The van der Waals surface area contributed by atoms with Gasteiger partial charge in [-0.3, -0.25) is 4.90 Å². The maximum atomic E-state index is 13.0. The van der Waals surface area contributed by atoms with Crippen LogP contribution >= 0.6 is 27.5 Å². The molecule has 0 N–H and O–H groups in total. The van der Waals surface area contributed by atoms with Crippen LogP contribution in [-0.2, 0) is 6.54 Å². The number of halogens is 3. The van der Waals surface area contributed by atoms with E-state index in [0.717, 1.165) is 35.6 Å². The summed E-state index contributed by atoms with van der Waals surface area (Å²) in [5.41, 5.74) is 1.14. The first-order chi connectivity index (χ1) is 8.19. The summed E-state index contributed by atoms with van der Waals surface area (Å²) in [6.45, 7) is 3.03. The van der Waals surface area contributed by atoms with Crippen LogP contribution in [-0.4, -0.2) is 23.9 Å². The van der Waals surface area contributed by atoms with Crippen LogP contribution in [0.5, 0.6) is 0 Å². The maximum Gasteiger partial charge on any atom is 0.124 e. The SMILES string of the molecule is Fc1ccc(CN2CCCC(CCl)C2)c(Br)c1. The second-order valence-electron chi connectivity index (χ2n) is 4.63. The Bertz CT molecular complexity index is 386. The average molecular weight is 321 g/mol. The van der Waals surface area contributed by atoms with Gasteiger partial charge in [0.15, 0.2) is 0 Å². The molecule has 0 radical (unpaired) electrons. The molecule has 1 nitrogen and oxygen atoms in total. The van der Waals surface area contributed by atoms with Gasteiger partial charge in [0.25, 0.3) is 0 Å². The van der Waals surface area contributed by atoms with Crippen molar-refractivity contribution in [2.24, 2.45) is 5.92 Å². The van der Waals surface area contributed by atoms with Crippen LogP contribution in [0.3, 0.4) is 0 Å². The molecule has 1 unspecified atom stereocenters. The van der Waals surface area contributed by atoms with Gasteiger partial charge in [0, 0.05) is 23.4 Å². The molecule has 0 aromatic heterocycles. The van der Waals surface area contributed by atoms with E-state index in [9.17, 15) is 4.39 Å². The van der Waals surface area contributed by atoms with Crippen LogP contribution in [0.25, 0.3) is 0 Å². The van der Waals surface area contributed by atoms with Crippen molar-refractivity contribution in [2.75, 3.05) is 19.0 Å². The Balaban J connectivity index is 2.00. The number of hydrogen-bond acceptors (Lipinski definition) is 1. The van der Waals surface area contributed by atoms with Gasteiger partial charge < -0.3 is 0 Å². The number of alkyl halides is 1. The van der Waals surface area contributed by atoms with Crippen molar-refractivity contribution in [3.8, 4) is 0 Å². The van der Waals surface area contributed by atoms with E-state index >= 15 is 0 Å². The highest BCUT2D eigenvalue weighted by atomic mass is 79.9. The van der Waals surface area contributed by atoms with Crippen LogP contribution in [0, 0.1) is 11.7 Å². The van der Waals surface area contributed by atoms with E-state index in [2.05, 4.69) is 20.8 Å². The van der Waals surface area contributed by atoms with Gasteiger partial charge in [0.05, 0.1) is 0 Å². The third-order valence-electron chi connectivity index (χ3n) is 3.23. The highest BCUT2D eigenvalue weighted by Crippen LogP contribution is 2.23. The lowest BCUT2D eigenvalue weighted by Gasteiger charge is -2.32. The van der Waals surface area contributed by atoms with Crippen molar-refractivity contribution in [1.29, 1.82) is 0 Å². The van der Waals surface area contributed by atoms with Gasteiger partial charge in [0.1, 0.15) is 5.82 Å². The van der Waals surface area contributed by atoms with Crippen LogP contribution in [0.2, 0.25) is 0 Å². The molecule has 0 amide bonds. The van der Waals surface area contributed by atoms with Gasteiger partial charge in [-0.2, -0.15) is 0 Å². The minimum Gasteiger partial charge on any atom is -0.299 e. The molecule has 94 valence electrons. The highest BCUT2D eigenvalue weighted by Gasteiger charge is 2.19. The summed E-state index contributed by atoms with van der Waals surface area (Å²) < 4.78 is 13.8. The van der Waals surface area contributed by atoms with E-state index in [-0.39, 0.29) is 5.82 Å². The first-order valence-electron chi connectivity index (χ1n) is 5.91. The van der Waals surface area contributed by atoms with Gasteiger partial charge in [-0.1, -0.05) is 22.0 Å². The van der Waals surface area contributed by atoms with Gasteiger partial charge in [-0.15, -0.1) is 11.6 Å². The molecular formula is C13H16BrClFN. The Morgan fingerprint density at radius 2 is 2.29 bits per heavy atom. The van der Waals surface area contributed by atoms with Gasteiger partial charge in [-0.05, 0) is 43.0 Å². The highest BCUT2D eigenvalue weighted by molar-refractivity contribution is 9.10. The first kappa shape index (κ1) is 13.3. The van der Waals surface area contributed by atoms with E-state index in [4.69, 9.17) is 11.6 Å². The quantitative estimate of drug-likeness (QED) is 0.760. The molecule has 1 fully saturated rings. The summed E-state index contributed by atoms with van der Waals surface area (Å²) in [7, 11) is 0. The Hall–Kier alpha value is -0.120. The number of likely N-dealkylation sites (tertiary alicyclic amines) is 1. The fourth-order valence-electron chi connectivity index (χ4n) is 2.31. The lowest BCUT2D eigenvalue weighted by atomic mass is 9.99. The molecule has 1 aliphatic rings. The zero-order chi connectivity index (χ0) is 12.3. The third-order valence-corrected chi connectivity index (χ3v) is 4.41. The monoisotopic (exact) mass is 319 g/mol. The van der Waals surface area contributed by atoms with Crippen LogP contribution in [0.1, 0.15) is 18.4 Å². The fourth-order valence-corrected chi connectivity index (χ4v) is 3.04. The summed E-state index contributed by atoms with van der Waals surface area (Å²) in [5, 5.41) is 0. The Morgan fingerprint density at radius 3 is 3.00 bits per heavy atom. The van der Waals surface area contributed by atoms with E-state index in [0.29, 0.717) is 5.92 Å². The summed E-state index contributed by atoms with van der Waals surface area (Å²) in [6, 6.07) is 4.89. The maximum absolute atomic E-state index is 13.0. The van der Waals surface area contributed by atoms with Gasteiger partial charge in [0.2, 0.25) is 0 Å². The van der Waals surface area contributed by atoms with Gasteiger partial charge >= 0.3 is 0 Å². The van der Waals surface area contributed by atoms with Crippen molar-refractivity contribution in [3.05, 3.63) is 34.1 Å². The number of rotatable bonds is 3. The smallest absolute Gasteiger partial charge is 0.124 e. The molecular weight excluding hydrogens is 305 g/mol. The van der Waals surface area contributed by atoms with E-state index in [1.165, 1.54) is 25.0 Å². The lowest BCUT2D eigenvalue weighted by molar-refractivity contribution is 0.178. The Kier molecular flexibility index (Phi) is 4.83. The minimum absolute atomic E-state index is 0.196. The molecule has 1 heterocycles. The molecule has 1 atom stereocenters. The number of piperidine rings is 1. The zero-order valence-corrected chi connectivity index (χ0v) is 12.0. The molecule has 0 saturated carbocycles. The average Bonchev–Trinajstić information content (AvgIpc) is 2.33. The second kappa shape index (κ2) is 6.17. The second-order valence-corrected chi connectivity index (χ2v) is 5.80. The van der Waals surface area contributed by atoms with Crippen molar-refractivity contribution in [1.82, 2.24) is 4.90 Å². The summed E-state index contributed by atoms with van der Waals surface area (Å²) in [5.74, 6) is 1.14. The first-order valence-corrected chi connectivity index (χ1v) is 7.24. The zero-order valence-electron chi connectivity index (χ0n) is 9.63. The molecule has 1 saturated heterocycles. The van der Waals surface area contributed by atoms with Crippen LogP contribution in [0.15, 0.2) is 22.7 Å². The number of benzene rings is 1. The fraction of sp³-hybridized carbons (Fsp3) is 0.538. The van der Waals surface area contributed by atoms with E-state index in [1.807, 2.05) is 6.07 Å². The minimum atomic E-state index is -0.196.